The van der Waals surface area contributed by atoms with Crippen LogP contribution in [0.2, 0.25) is 0 Å². The second-order valence-corrected chi connectivity index (χ2v) is 11.3. The van der Waals surface area contributed by atoms with E-state index < -0.39 is 23.3 Å². The number of carboxylic acids is 3. The highest BCUT2D eigenvalue weighted by molar-refractivity contribution is 6.01. The fraction of sp³-hybridized carbons (Fsp3) is 0.867. The van der Waals surface area contributed by atoms with Crippen LogP contribution in [0, 0.1) is 11.3 Å². The maximum absolute atomic E-state index is 13.1. The molecule has 0 aromatic heterocycles. The van der Waals surface area contributed by atoms with Crippen LogP contribution >= 0.6 is 0 Å². The molecule has 0 aromatic rings. The van der Waals surface area contributed by atoms with E-state index in [1.165, 1.54) is 0 Å². The van der Waals surface area contributed by atoms with Crippen LogP contribution in [0.15, 0.2) is 0 Å². The molecule has 0 unspecified atom stereocenters. The van der Waals surface area contributed by atoms with Crippen molar-refractivity contribution in [2.24, 2.45) is 11.3 Å². The van der Waals surface area contributed by atoms with Crippen LogP contribution in [-0.4, -0.2) is 45.7 Å². The number of amides is 1. The predicted molar refractivity (Wildman–Crippen MR) is 150 cm³/mol. The maximum Gasteiger partial charge on any atom is 0.319 e. The molecule has 38 heavy (non-hydrogen) atoms. The molecule has 222 valence electrons. The summed E-state index contributed by atoms with van der Waals surface area (Å²) >= 11 is 0. The van der Waals surface area contributed by atoms with E-state index >= 15 is 0 Å². The van der Waals surface area contributed by atoms with Gasteiger partial charge in [-0.25, -0.2) is 0 Å². The Hall–Kier alpha value is -2.12. The molecule has 0 bridgehead atoms. The van der Waals surface area contributed by atoms with Gasteiger partial charge in [0.15, 0.2) is 0 Å². The van der Waals surface area contributed by atoms with Crippen molar-refractivity contribution in [1.82, 2.24) is 5.32 Å². The number of rotatable bonds is 27. The van der Waals surface area contributed by atoms with Crippen molar-refractivity contribution in [3.8, 4) is 0 Å². The zero-order valence-electron chi connectivity index (χ0n) is 24.1. The standard InChI is InChI=1S/C30H55NO7/c1-25(2)21-24-31-28(36)30(29(37)38,22-17-13-9-5-3-7-11-15-19-26(32)33)23-18-14-10-6-4-8-12-16-20-27(34)35/h25H,3-24H2,1-2H3,(H,31,36)(H,32,33)(H,34,35)(H,37,38). The lowest BCUT2D eigenvalue weighted by Gasteiger charge is -2.29. The first-order valence-corrected chi connectivity index (χ1v) is 15.1. The minimum atomic E-state index is -1.37. The minimum absolute atomic E-state index is 0.227. The van der Waals surface area contributed by atoms with E-state index in [1.54, 1.807) is 0 Å². The van der Waals surface area contributed by atoms with Crippen molar-refractivity contribution < 1.29 is 34.5 Å². The first-order valence-electron chi connectivity index (χ1n) is 15.1. The van der Waals surface area contributed by atoms with Crippen LogP contribution < -0.4 is 5.32 Å². The van der Waals surface area contributed by atoms with Gasteiger partial charge in [-0.05, 0) is 38.0 Å². The lowest BCUT2D eigenvalue weighted by molar-refractivity contribution is -0.157. The molecule has 8 nitrogen and oxygen atoms in total. The summed E-state index contributed by atoms with van der Waals surface area (Å²) < 4.78 is 0. The van der Waals surface area contributed by atoms with Gasteiger partial charge in [0, 0.05) is 19.4 Å². The molecular formula is C30H55NO7. The molecule has 0 saturated heterocycles. The van der Waals surface area contributed by atoms with Crippen LogP contribution in [-0.2, 0) is 19.2 Å². The van der Waals surface area contributed by atoms with Crippen LogP contribution in [0.25, 0.3) is 0 Å². The molecule has 0 aliphatic heterocycles. The van der Waals surface area contributed by atoms with Crippen LogP contribution in [0.3, 0.4) is 0 Å². The number of hydrogen-bond donors (Lipinski definition) is 4. The van der Waals surface area contributed by atoms with E-state index in [1.807, 2.05) is 0 Å². The number of hydrogen-bond acceptors (Lipinski definition) is 4. The Morgan fingerprint density at radius 1 is 0.579 bits per heavy atom. The van der Waals surface area contributed by atoms with Crippen LogP contribution in [0.4, 0.5) is 0 Å². The van der Waals surface area contributed by atoms with Gasteiger partial charge in [0.1, 0.15) is 5.41 Å². The van der Waals surface area contributed by atoms with Gasteiger partial charge >= 0.3 is 17.9 Å². The van der Waals surface area contributed by atoms with Gasteiger partial charge in [-0.15, -0.1) is 0 Å². The molecule has 0 aliphatic carbocycles. The topological polar surface area (TPSA) is 141 Å². The number of aliphatic carboxylic acids is 3. The maximum atomic E-state index is 13.1. The first-order chi connectivity index (χ1) is 18.1. The van der Waals surface area contributed by atoms with Crippen molar-refractivity contribution in [2.45, 2.75) is 149 Å². The Balaban J connectivity index is 4.54. The molecule has 0 aromatic carbocycles. The molecule has 0 aliphatic rings. The van der Waals surface area contributed by atoms with E-state index in [4.69, 9.17) is 10.2 Å². The summed E-state index contributed by atoms with van der Waals surface area (Å²) in [5.41, 5.74) is -1.37. The fourth-order valence-corrected chi connectivity index (χ4v) is 4.83. The molecule has 0 spiro atoms. The van der Waals surface area contributed by atoms with E-state index in [0.29, 0.717) is 38.1 Å². The predicted octanol–water partition coefficient (Wildman–Crippen LogP) is 7.19. The van der Waals surface area contributed by atoms with Crippen molar-refractivity contribution in [3.05, 3.63) is 0 Å². The van der Waals surface area contributed by atoms with E-state index in [9.17, 15) is 24.3 Å². The van der Waals surface area contributed by atoms with Gasteiger partial charge in [-0.3, -0.25) is 19.2 Å². The Morgan fingerprint density at radius 2 is 0.921 bits per heavy atom. The highest BCUT2D eigenvalue weighted by Gasteiger charge is 2.44. The third-order valence-electron chi connectivity index (χ3n) is 7.34. The lowest BCUT2D eigenvalue weighted by atomic mass is 9.76. The van der Waals surface area contributed by atoms with Crippen molar-refractivity contribution in [2.75, 3.05) is 6.54 Å². The second kappa shape index (κ2) is 22.8. The molecule has 0 heterocycles. The summed E-state index contributed by atoms with van der Waals surface area (Å²) in [5.74, 6) is -2.42. The Kier molecular flexibility index (Phi) is 21.6. The average Bonchev–Trinajstić information content (AvgIpc) is 2.84. The van der Waals surface area contributed by atoms with Gasteiger partial charge in [-0.2, -0.15) is 0 Å². The molecule has 1 amide bonds. The number of nitrogens with one attached hydrogen (secondary N) is 1. The van der Waals surface area contributed by atoms with Gasteiger partial charge in [-0.1, -0.05) is 104 Å². The highest BCUT2D eigenvalue weighted by Crippen LogP contribution is 2.33. The molecule has 0 radical (unpaired) electrons. The summed E-state index contributed by atoms with van der Waals surface area (Å²) in [6.45, 7) is 4.65. The SMILES string of the molecule is CC(C)CCNC(=O)C(CCCCCCCCCCC(=O)O)(CCCCCCCCCCC(=O)O)C(=O)O. The van der Waals surface area contributed by atoms with Crippen LogP contribution in [0.1, 0.15) is 149 Å². The summed E-state index contributed by atoms with van der Waals surface area (Å²) in [6.07, 6.45) is 16.7. The summed E-state index contributed by atoms with van der Waals surface area (Å²) in [6, 6.07) is 0. The number of carbonyl (C=O) groups excluding carboxylic acids is 1. The third kappa shape index (κ3) is 19.0. The normalized spacial score (nSPS) is 11.6. The molecule has 0 rings (SSSR count). The van der Waals surface area contributed by atoms with Gasteiger partial charge in [0.05, 0.1) is 0 Å². The van der Waals surface area contributed by atoms with E-state index in [-0.39, 0.29) is 18.7 Å². The zero-order chi connectivity index (χ0) is 28.7. The first kappa shape index (κ1) is 35.9. The van der Waals surface area contributed by atoms with Gasteiger partial charge in [0.25, 0.3) is 0 Å². The monoisotopic (exact) mass is 541 g/mol. The minimum Gasteiger partial charge on any atom is -0.481 e. The van der Waals surface area contributed by atoms with Gasteiger partial charge in [0.2, 0.25) is 5.91 Å². The van der Waals surface area contributed by atoms with Crippen molar-refractivity contribution in [1.29, 1.82) is 0 Å². The summed E-state index contributed by atoms with van der Waals surface area (Å²) in [7, 11) is 0. The fourth-order valence-electron chi connectivity index (χ4n) is 4.83. The molecule has 0 atom stereocenters. The van der Waals surface area contributed by atoms with Crippen molar-refractivity contribution >= 4 is 23.8 Å². The van der Waals surface area contributed by atoms with Crippen LogP contribution in [0.5, 0.6) is 0 Å². The molecule has 0 saturated carbocycles. The largest absolute Gasteiger partial charge is 0.481 e. The number of carbonyl (C=O) groups is 4. The van der Waals surface area contributed by atoms with Crippen molar-refractivity contribution in [3.63, 3.8) is 0 Å². The number of carboxylic acid groups (broad SMARTS) is 3. The molecule has 0 fully saturated rings. The van der Waals surface area contributed by atoms with Gasteiger partial charge < -0.3 is 20.6 Å². The summed E-state index contributed by atoms with van der Waals surface area (Å²) in [5, 5.41) is 30.5. The Morgan fingerprint density at radius 3 is 1.24 bits per heavy atom. The third-order valence-corrected chi connectivity index (χ3v) is 7.34. The Labute approximate surface area is 230 Å². The molecule has 8 heteroatoms. The summed E-state index contributed by atoms with van der Waals surface area (Å²) in [4.78, 5) is 46.7. The zero-order valence-corrected chi connectivity index (χ0v) is 24.1. The average molecular weight is 542 g/mol. The molecule has 4 N–H and O–H groups in total. The molecular weight excluding hydrogens is 486 g/mol. The van der Waals surface area contributed by atoms with E-state index in [0.717, 1.165) is 96.3 Å². The quantitative estimate of drug-likeness (QED) is 0.0637. The smallest absolute Gasteiger partial charge is 0.319 e. The van der Waals surface area contributed by atoms with E-state index in [2.05, 4.69) is 19.2 Å². The lowest BCUT2D eigenvalue weighted by Crippen LogP contribution is -2.47. The Bertz CT molecular complexity index is 629. The second-order valence-electron chi connectivity index (χ2n) is 11.3. The number of unbranched alkanes of at least 4 members (excludes halogenated alkanes) is 14. The highest BCUT2D eigenvalue weighted by atomic mass is 16.4.